The molecule has 0 spiro atoms. The maximum atomic E-state index is 6.89. The summed E-state index contributed by atoms with van der Waals surface area (Å²) >= 11 is 0. The van der Waals surface area contributed by atoms with Crippen molar-refractivity contribution in [1.29, 1.82) is 0 Å². The van der Waals surface area contributed by atoms with Crippen LogP contribution in [0.15, 0.2) is 205 Å². The van der Waals surface area contributed by atoms with E-state index in [0.29, 0.717) is 17.5 Å². The van der Waals surface area contributed by atoms with Crippen LogP contribution in [-0.2, 0) is 0 Å². The highest BCUT2D eigenvalue weighted by molar-refractivity contribution is 6.24. The summed E-state index contributed by atoms with van der Waals surface area (Å²) in [6.45, 7) is 0. The molecule has 11 aromatic rings. The molecule has 0 fully saturated rings. The fourth-order valence-corrected chi connectivity index (χ4v) is 8.05. The Balaban J connectivity index is 1.10. The zero-order valence-electron chi connectivity index (χ0n) is 30.8. The molecule has 0 atom stereocenters. The van der Waals surface area contributed by atoms with Crippen LogP contribution >= 0.6 is 0 Å². The lowest BCUT2D eigenvalue weighted by molar-refractivity contribution is 0.670. The molecule has 0 saturated carbocycles. The fraction of sp³-hybridized carbons (Fsp3) is 0. The van der Waals surface area contributed by atoms with Crippen molar-refractivity contribution < 1.29 is 4.42 Å². The van der Waals surface area contributed by atoms with Crippen molar-refractivity contribution in [3.63, 3.8) is 0 Å². The Morgan fingerprint density at radius 3 is 1.53 bits per heavy atom. The van der Waals surface area contributed by atoms with E-state index < -0.39 is 0 Å². The Bertz CT molecular complexity index is 3260. The number of nitrogens with zero attached hydrogens (tertiary/aromatic N) is 3. The Morgan fingerprint density at radius 2 is 0.789 bits per heavy atom. The highest BCUT2D eigenvalue weighted by Crippen LogP contribution is 2.44. The molecule has 0 aliphatic carbocycles. The molecule has 0 aliphatic rings. The van der Waals surface area contributed by atoms with E-state index in [1.54, 1.807) is 0 Å². The first kappa shape index (κ1) is 32.7. The van der Waals surface area contributed by atoms with Gasteiger partial charge >= 0.3 is 0 Å². The SMILES string of the molecule is c1ccc(-c2ccc(-c3nc(-c4ccccc4)nc(-c4ccc(-c5ccc(-c6ccc7ccccc7c6)cc5)c5oc6ccc7ccccc7c6c45)n3)cc2)cc1. The van der Waals surface area contributed by atoms with E-state index in [0.717, 1.165) is 77.2 Å². The van der Waals surface area contributed by atoms with Gasteiger partial charge in [0.1, 0.15) is 11.2 Å². The van der Waals surface area contributed by atoms with Crippen LogP contribution in [0.5, 0.6) is 0 Å². The van der Waals surface area contributed by atoms with Crippen molar-refractivity contribution in [3.05, 3.63) is 200 Å². The summed E-state index contributed by atoms with van der Waals surface area (Å²) in [4.78, 5) is 15.5. The van der Waals surface area contributed by atoms with Crippen LogP contribution in [0.3, 0.4) is 0 Å². The Labute approximate surface area is 329 Å². The first-order valence-corrected chi connectivity index (χ1v) is 19.2. The molecule has 0 unspecified atom stereocenters. The number of furan rings is 1. The van der Waals surface area contributed by atoms with Crippen molar-refractivity contribution in [3.8, 4) is 67.5 Å². The molecule has 4 heteroatoms. The van der Waals surface area contributed by atoms with Crippen molar-refractivity contribution in [2.75, 3.05) is 0 Å². The van der Waals surface area contributed by atoms with Gasteiger partial charge in [-0.3, -0.25) is 0 Å². The number of benzene rings is 9. The average molecular weight is 728 g/mol. The van der Waals surface area contributed by atoms with E-state index >= 15 is 0 Å². The van der Waals surface area contributed by atoms with E-state index in [4.69, 9.17) is 19.4 Å². The lowest BCUT2D eigenvalue weighted by atomic mass is 9.94. The van der Waals surface area contributed by atoms with Gasteiger partial charge in [0.15, 0.2) is 17.5 Å². The maximum Gasteiger partial charge on any atom is 0.164 e. The lowest BCUT2D eigenvalue weighted by Gasteiger charge is -2.12. The number of hydrogen-bond donors (Lipinski definition) is 0. The second kappa shape index (κ2) is 13.6. The standard InChI is InChI=1S/C53H33N3O/c1-3-11-34(12-4-1)36-21-26-41(27-22-36)52-54-51(40-15-5-2-6-16-40)55-53(56-52)46-31-30-45(50-49(46)48-44-18-10-9-14-38(44)29-32-47(48)57-50)39-24-19-37(20-25-39)43-28-23-35-13-7-8-17-42(35)33-43/h1-33H. The van der Waals surface area contributed by atoms with Gasteiger partial charge in [-0.15, -0.1) is 0 Å². The Kier molecular flexibility index (Phi) is 7.78. The minimum Gasteiger partial charge on any atom is -0.455 e. The summed E-state index contributed by atoms with van der Waals surface area (Å²) in [6.07, 6.45) is 0. The monoisotopic (exact) mass is 727 g/mol. The topological polar surface area (TPSA) is 51.8 Å². The van der Waals surface area contributed by atoms with Crippen LogP contribution in [0.4, 0.5) is 0 Å². The van der Waals surface area contributed by atoms with Crippen LogP contribution in [-0.4, -0.2) is 15.0 Å². The lowest BCUT2D eigenvalue weighted by Crippen LogP contribution is -2.00. The van der Waals surface area contributed by atoms with Gasteiger partial charge in [-0.1, -0.05) is 176 Å². The molecule has 0 amide bonds. The molecule has 4 nitrogen and oxygen atoms in total. The van der Waals surface area contributed by atoms with Crippen LogP contribution < -0.4 is 0 Å². The second-order valence-corrected chi connectivity index (χ2v) is 14.4. The molecular formula is C53H33N3O. The minimum atomic E-state index is 0.588. The van der Waals surface area contributed by atoms with Crippen molar-refractivity contribution >= 4 is 43.5 Å². The van der Waals surface area contributed by atoms with Crippen LogP contribution in [0.25, 0.3) is 111 Å². The number of rotatable bonds is 6. The van der Waals surface area contributed by atoms with Gasteiger partial charge in [0, 0.05) is 33.0 Å². The van der Waals surface area contributed by atoms with Gasteiger partial charge in [0.2, 0.25) is 0 Å². The molecule has 11 rings (SSSR count). The zero-order chi connectivity index (χ0) is 37.7. The Hall–Kier alpha value is -7.69. The zero-order valence-corrected chi connectivity index (χ0v) is 30.8. The summed E-state index contributed by atoms with van der Waals surface area (Å²) in [7, 11) is 0. The highest BCUT2D eigenvalue weighted by atomic mass is 16.3. The van der Waals surface area contributed by atoms with Crippen molar-refractivity contribution in [1.82, 2.24) is 15.0 Å². The van der Waals surface area contributed by atoms with Gasteiger partial charge in [-0.2, -0.15) is 0 Å². The van der Waals surface area contributed by atoms with E-state index in [2.05, 4.69) is 164 Å². The second-order valence-electron chi connectivity index (χ2n) is 14.4. The van der Waals surface area contributed by atoms with Crippen LogP contribution in [0.1, 0.15) is 0 Å². The molecule has 2 aromatic heterocycles. The number of fused-ring (bicyclic) bond motifs is 6. The van der Waals surface area contributed by atoms with Gasteiger partial charge in [0.25, 0.3) is 0 Å². The summed E-state index contributed by atoms with van der Waals surface area (Å²) in [5, 5.41) is 6.75. The van der Waals surface area contributed by atoms with Gasteiger partial charge in [0.05, 0.1) is 0 Å². The van der Waals surface area contributed by atoms with Crippen LogP contribution in [0, 0.1) is 0 Å². The predicted octanol–water partition coefficient (Wildman–Crippen LogP) is 14.1. The predicted molar refractivity (Wildman–Crippen MR) is 235 cm³/mol. The smallest absolute Gasteiger partial charge is 0.164 e. The molecule has 0 N–H and O–H groups in total. The molecule has 0 saturated heterocycles. The van der Waals surface area contributed by atoms with E-state index in [9.17, 15) is 0 Å². The number of hydrogen-bond acceptors (Lipinski definition) is 4. The van der Waals surface area contributed by atoms with E-state index in [-0.39, 0.29) is 0 Å². The summed E-state index contributed by atoms with van der Waals surface area (Å²) in [5.74, 6) is 1.81. The molecule has 266 valence electrons. The van der Waals surface area contributed by atoms with Crippen molar-refractivity contribution in [2.45, 2.75) is 0 Å². The van der Waals surface area contributed by atoms with Gasteiger partial charge < -0.3 is 4.42 Å². The summed E-state index contributed by atoms with van der Waals surface area (Å²) in [6, 6.07) is 69.9. The van der Waals surface area contributed by atoms with Crippen molar-refractivity contribution in [2.24, 2.45) is 0 Å². The molecule has 0 radical (unpaired) electrons. The maximum absolute atomic E-state index is 6.89. The normalized spacial score (nSPS) is 11.5. The third-order valence-electron chi connectivity index (χ3n) is 10.9. The first-order valence-electron chi connectivity index (χ1n) is 19.2. The summed E-state index contributed by atoms with van der Waals surface area (Å²) < 4.78 is 6.89. The highest BCUT2D eigenvalue weighted by Gasteiger charge is 2.22. The molecular weight excluding hydrogens is 695 g/mol. The summed E-state index contributed by atoms with van der Waals surface area (Å²) in [5.41, 5.74) is 11.1. The third kappa shape index (κ3) is 5.83. The molecule has 57 heavy (non-hydrogen) atoms. The molecule has 0 bridgehead atoms. The Morgan fingerprint density at radius 1 is 0.298 bits per heavy atom. The average Bonchev–Trinajstić information content (AvgIpc) is 3.70. The molecule has 0 aliphatic heterocycles. The molecule has 2 heterocycles. The van der Waals surface area contributed by atoms with Gasteiger partial charge in [-0.05, 0) is 73.6 Å². The van der Waals surface area contributed by atoms with Crippen LogP contribution in [0.2, 0.25) is 0 Å². The fourth-order valence-electron chi connectivity index (χ4n) is 8.05. The van der Waals surface area contributed by atoms with E-state index in [1.807, 2.05) is 36.4 Å². The van der Waals surface area contributed by atoms with Gasteiger partial charge in [-0.25, -0.2) is 15.0 Å². The molecule has 9 aromatic carbocycles. The largest absolute Gasteiger partial charge is 0.455 e. The van der Waals surface area contributed by atoms with E-state index in [1.165, 1.54) is 16.3 Å². The first-order chi connectivity index (χ1) is 28.2. The number of aromatic nitrogens is 3. The quantitative estimate of drug-likeness (QED) is 0.171. The minimum absolute atomic E-state index is 0.588. The third-order valence-corrected chi connectivity index (χ3v) is 10.9.